The van der Waals surface area contributed by atoms with Gasteiger partial charge < -0.3 is 48.4 Å². The topological polar surface area (TPSA) is 227 Å². The van der Waals surface area contributed by atoms with Gasteiger partial charge in [-0.25, -0.2) is 0 Å². The lowest BCUT2D eigenvalue weighted by molar-refractivity contribution is -0.111. The number of phenolic OH excluding ortho intramolecular Hbond substituents is 1. The van der Waals surface area contributed by atoms with Gasteiger partial charge in [0.1, 0.15) is 23.4 Å². The van der Waals surface area contributed by atoms with Crippen molar-refractivity contribution in [1.29, 1.82) is 0 Å². The molecule has 3 atom stereocenters. The monoisotopic (exact) mass is 742 g/mol. The minimum Gasteiger partial charge on any atom is -0.507 e. The van der Waals surface area contributed by atoms with Crippen LogP contribution in [0.15, 0.2) is 41.6 Å². The first-order chi connectivity index (χ1) is 25.1. The summed E-state index contributed by atoms with van der Waals surface area (Å²) in [6.45, 7) is 9.35. The molecule has 0 saturated carbocycles. The number of phenols is 1. The van der Waals surface area contributed by atoms with Gasteiger partial charge in [0, 0.05) is 42.1 Å². The minimum atomic E-state index is -0.704. The molecule has 0 radical (unpaired) electrons. The van der Waals surface area contributed by atoms with Crippen molar-refractivity contribution >= 4 is 47.7 Å². The summed E-state index contributed by atoms with van der Waals surface area (Å²) in [7, 11) is 3.82. The molecule has 2 amide bonds. The van der Waals surface area contributed by atoms with E-state index in [0.29, 0.717) is 24.9 Å². The zero-order chi connectivity index (χ0) is 38.9. The molecule has 0 spiro atoms. The average molecular weight is 743 g/mol. The van der Waals surface area contributed by atoms with E-state index in [9.17, 15) is 19.6 Å². The van der Waals surface area contributed by atoms with Crippen molar-refractivity contribution < 1.29 is 19.5 Å². The van der Waals surface area contributed by atoms with Gasteiger partial charge in [0.2, 0.25) is 12.8 Å². The number of allylic oxidation sites excluding steroid dienone is 1. The molecule has 0 aliphatic carbocycles. The fraction of sp³-hybridized carbons (Fsp3) is 0.553. The first-order valence-corrected chi connectivity index (χ1v) is 19.1. The molecule has 11 N–H and O–H groups in total. The number of aldehydes is 1. The number of nitrogens with one attached hydrogen (secondary N) is 4. The Labute approximate surface area is 314 Å². The number of carbonyl (C=O) groups excluding carboxylic acids is 3. The molecule has 1 saturated heterocycles. The Morgan fingerprint density at radius 2 is 1.75 bits per heavy atom. The Kier molecular flexibility index (Phi) is 23.3. The molecule has 1 aliphatic heterocycles. The molecule has 3 unspecified atom stereocenters. The van der Waals surface area contributed by atoms with Crippen molar-refractivity contribution in [3.05, 3.63) is 63.6 Å². The molecule has 1 heterocycles. The molecular formula is C38H62N8O5S. The number of likely N-dealkylation sites (N-methyl/N-ethyl adjacent to an activating group) is 1. The number of rotatable bonds is 21. The molecule has 52 heavy (non-hydrogen) atoms. The van der Waals surface area contributed by atoms with E-state index in [-0.39, 0.29) is 35.1 Å². The zero-order valence-electron chi connectivity index (χ0n) is 31.6. The number of hydrogen-bond acceptors (Lipinski definition) is 12. The summed E-state index contributed by atoms with van der Waals surface area (Å²) in [5, 5.41) is 26.5. The Morgan fingerprint density at radius 1 is 1.08 bits per heavy atom. The Morgan fingerprint density at radius 3 is 2.29 bits per heavy atom. The van der Waals surface area contributed by atoms with Gasteiger partial charge in [-0.1, -0.05) is 51.5 Å². The number of primary amides is 1. The van der Waals surface area contributed by atoms with Crippen LogP contribution in [0.5, 0.6) is 5.75 Å². The van der Waals surface area contributed by atoms with Crippen molar-refractivity contribution in [3.8, 4) is 5.75 Å². The summed E-state index contributed by atoms with van der Waals surface area (Å²) in [4.78, 5) is 40.7. The number of unbranched alkanes of at least 4 members (excludes halogenated alkanes) is 2. The van der Waals surface area contributed by atoms with Crippen LogP contribution in [0.3, 0.4) is 0 Å². The molecule has 1 aliphatic rings. The van der Waals surface area contributed by atoms with E-state index < -0.39 is 5.66 Å². The summed E-state index contributed by atoms with van der Waals surface area (Å²) < 4.78 is 0. The third-order valence-electron chi connectivity index (χ3n) is 8.94. The molecule has 2 aromatic rings. The van der Waals surface area contributed by atoms with Crippen molar-refractivity contribution in [2.45, 2.75) is 95.1 Å². The maximum absolute atomic E-state index is 11.3. The molecule has 2 aromatic carbocycles. The van der Waals surface area contributed by atoms with Crippen LogP contribution in [-0.4, -0.2) is 80.6 Å². The van der Waals surface area contributed by atoms with Gasteiger partial charge >= 0.3 is 0 Å². The number of carbonyl (C=O) groups is 3. The van der Waals surface area contributed by atoms with E-state index in [1.54, 1.807) is 11.8 Å². The van der Waals surface area contributed by atoms with Crippen LogP contribution in [0.4, 0.5) is 5.69 Å². The SMILES string of the molecule is CCC/C(=C(\CN)c1cc(C(C)C)c(N=O)cc1O)c1ccc(CNCCCCNC)cc1.CNC1CSC(CCCC=O)C1(N)NC=O.NC=O. The number of nitrogens with two attached hydrogens (primary N) is 3. The summed E-state index contributed by atoms with van der Waals surface area (Å²) >= 11 is 1.75. The normalized spacial score (nSPS) is 18.3. The van der Waals surface area contributed by atoms with Crippen molar-refractivity contribution in [2.24, 2.45) is 22.4 Å². The minimum absolute atomic E-state index is 0.0437. The van der Waals surface area contributed by atoms with E-state index >= 15 is 0 Å². The third-order valence-corrected chi connectivity index (χ3v) is 10.5. The van der Waals surface area contributed by atoms with E-state index in [1.165, 1.54) is 18.1 Å². The highest BCUT2D eigenvalue weighted by Gasteiger charge is 2.47. The average Bonchev–Trinajstić information content (AvgIpc) is 3.45. The smallest absolute Gasteiger partial charge is 0.208 e. The number of hydrogen-bond donors (Lipinski definition) is 8. The molecule has 0 bridgehead atoms. The zero-order valence-corrected chi connectivity index (χ0v) is 32.4. The number of nitroso groups, excluding NO2 is 1. The van der Waals surface area contributed by atoms with Crippen LogP contribution in [0.2, 0.25) is 0 Å². The van der Waals surface area contributed by atoms with Crippen LogP contribution in [0.25, 0.3) is 11.1 Å². The molecule has 14 heteroatoms. The number of amides is 2. The van der Waals surface area contributed by atoms with Crippen molar-refractivity contribution in [1.82, 2.24) is 21.3 Å². The summed E-state index contributed by atoms with van der Waals surface area (Å²) in [5.41, 5.74) is 22.1. The number of benzene rings is 2. The second kappa shape index (κ2) is 26.2. The Hall–Kier alpha value is -3.66. The standard InChI is InChI=1S/C27H40N4O2.C10H19N3O2S.CH3NO/c1-5-8-22(21-11-9-20(10-12-21)18-30-14-7-6-13-29-4)25(17-28)24-15-23(19(2)3)26(31-33)16-27(24)32;1-12-8-6-16-9(4-2-3-5-14)10(8,11)13-7-15;2-1-3/h9-12,15-16,19,29-30,32H,5-8,13-14,17-18,28H2,1-4H3;5,7-9,12H,2-4,6,11H2,1H3,(H,13,15);1H,(H2,2,3)/b25-22-;;. The maximum Gasteiger partial charge on any atom is 0.208 e. The quantitative estimate of drug-likeness (QED) is 0.0297. The summed E-state index contributed by atoms with van der Waals surface area (Å²) in [6.07, 6.45) is 8.17. The van der Waals surface area contributed by atoms with E-state index in [2.05, 4.69) is 63.4 Å². The van der Waals surface area contributed by atoms with E-state index in [1.807, 2.05) is 34.0 Å². The van der Waals surface area contributed by atoms with Gasteiger partial charge in [-0.3, -0.25) is 9.59 Å². The van der Waals surface area contributed by atoms with Gasteiger partial charge in [0.05, 0.1) is 6.04 Å². The van der Waals surface area contributed by atoms with Gasteiger partial charge in [-0.2, -0.15) is 11.8 Å². The van der Waals surface area contributed by atoms with Gasteiger partial charge in [0.25, 0.3) is 0 Å². The Balaban J connectivity index is 0.000000591. The molecule has 3 rings (SSSR count). The highest BCUT2D eigenvalue weighted by atomic mass is 32.2. The maximum atomic E-state index is 11.3. The van der Waals surface area contributed by atoms with Crippen LogP contribution < -0.4 is 38.5 Å². The molecule has 13 nitrogen and oxygen atoms in total. The lowest BCUT2D eigenvalue weighted by Crippen LogP contribution is -2.67. The number of thioether (sulfide) groups is 1. The van der Waals surface area contributed by atoms with Crippen LogP contribution in [0, 0.1) is 4.91 Å². The summed E-state index contributed by atoms with van der Waals surface area (Å²) in [6, 6.07) is 12.0. The predicted molar refractivity (Wildman–Crippen MR) is 215 cm³/mol. The largest absolute Gasteiger partial charge is 0.507 e. The first-order valence-electron chi connectivity index (χ1n) is 18.0. The molecule has 290 valence electrons. The fourth-order valence-corrected chi connectivity index (χ4v) is 7.85. The van der Waals surface area contributed by atoms with E-state index in [0.717, 1.165) is 86.1 Å². The lowest BCUT2D eigenvalue weighted by Gasteiger charge is -2.35. The van der Waals surface area contributed by atoms with Crippen molar-refractivity contribution in [2.75, 3.05) is 39.5 Å². The highest BCUT2D eigenvalue weighted by molar-refractivity contribution is 8.00. The van der Waals surface area contributed by atoms with Gasteiger partial charge in [-0.15, -0.1) is 4.91 Å². The second-order valence-electron chi connectivity index (χ2n) is 12.9. The number of aromatic hydroxyl groups is 1. The van der Waals surface area contributed by atoms with Gasteiger partial charge in [-0.05, 0) is 104 Å². The molecular weight excluding hydrogens is 681 g/mol. The highest BCUT2D eigenvalue weighted by Crippen LogP contribution is 2.40. The summed E-state index contributed by atoms with van der Waals surface area (Å²) in [5.74, 6) is 1.03. The predicted octanol–water partition coefficient (Wildman–Crippen LogP) is 4.23. The van der Waals surface area contributed by atoms with Crippen molar-refractivity contribution in [3.63, 3.8) is 0 Å². The molecule has 0 aromatic heterocycles. The fourth-order valence-electron chi connectivity index (χ4n) is 6.14. The van der Waals surface area contributed by atoms with Crippen LogP contribution >= 0.6 is 11.8 Å². The van der Waals surface area contributed by atoms with Gasteiger partial charge in [0.15, 0.2) is 0 Å². The Bertz CT molecular complexity index is 1390. The second-order valence-corrected chi connectivity index (χ2v) is 14.1. The lowest BCUT2D eigenvalue weighted by atomic mass is 9.88. The first kappa shape index (κ1) is 46.4. The number of nitrogens with zero attached hydrogens (tertiary/aromatic N) is 1. The van der Waals surface area contributed by atoms with E-state index in [4.69, 9.17) is 16.3 Å². The third kappa shape index (κ3) is 14.4. The van der Waals surface area contributed by atoms with Crippen LogP contribution in [-0.2, 0) is 20.9 Å². The van der Waals surface area contributed by atoms with Crippen LogP contribution in [0.1, 0.15) is 93.9 Å². The molecule has 1 fully saturated rings.